The number of benzene rings is 1. The van der Waals surface area contributed by atoms with E-state index in [2.05, 4.69) is 0 Å². The van der Waals surface area contributed by atoms with Crippen molar-refractivity contribution in [2.45, 2.75) is 18.9 Å². The van der Waals surface area contributed by atoms with Crippen LogP contribution in [0, 0.1) is 0 Å². The first kappa shape index (κ1) is 14.6. The van der Waals surface area contributed by atoms with Crippen LogP contribution in [0.3, 0.4) is 0 Å². The SMILES string of the molecule is NCCCCOc1ccc(Cl)c2c1B(O)OC2CN. The molecule has 1 aromatic carbocycles. The molecule has 0 bridgehead atoms. The molecule has 19 heavy (non-hydrogen) atoms. The van der Waals surface area contributed by atoms with Crippen LogP contribution in [-0.4, -0.2) is 31.8 Å². The minimum atomic E-state index is -1.04. The largest absolute Gasteiger partial charge is 0.495 e. The highest BCUT2D eigenvalue weighted by Gasteiger charge is 2.39. The monoisotopic (exact) mass is 284 g/mol. The standard InChI is InChI=1S/C12H18BClN2O3/c14-8-3-4-9(18-6-2-1-5-15)12-11(8)10(7-16)19-13(12)17/h3-4,10,17H,1-2,5-7,15-16H2. The van der Waals surface area contributed by atoms with E-state index in [0.29, 0.717) is 29.4 Å². The Kier molecular flexibility index (Phi) is 5.07. The van der Waals surface area contributed by atoms with Crippen LogP contribution < -0.4 is 21.7 Å². The van der Waals surface area contributed by atoms with Gasteiger partial charge >= 0.3 is 7.12 Å². The zero-order valence-corrected chi connectivity index (χ0v) is 11.4. The number of unbranched alkanes of at least 4 members (excludes halogenated alkanes) is 1. The third-order valence-electron chi connectivity index (χ3n) is 3.13. The van der Waals surface area contributed by atoms with E-state index in [9.17, 15) is 5.02 Å². The number of ether oxygens (including phenoxy) is 1. The fourth-order valence-corrected chi connectivity index (χ4v) is 2.48. The molecule has 1 aromatic rings. The van der Waals surface area contributed by atoms with Gasteiger partial charge in [-0.1, -0.05) is 11.6 Å². The van der Waals surface area contributed by atoms with E-state index < -0.39 is 7.12 Å². The van der Waals surface area contributed by atoms with Gasteiger partial charge in [0.2, 0.25) is 0 Å². The van der Waals surface area contributed by atoms with Crippen LogP contribution in [0.4, 0.5) is 0 Å². The smallest absolute Gasteiger partial charge is 0.494 e. The topological polar surface area (TPSA) is 90.7 Å². The summed E-state index contributed by atoms with van der Waals surface area (Å²) < 4.78 is 11.1. The zero-order chi connectivity index (χ0) is 13.8. The first-order valence-corrected chi connectivity index (χ1v) is 6.75. The molecule has 0 saturated carbocycles. The van der Waals surface area contributed by atoms with E-state index in [1.165, 1.54) is 0 Å². The van der Waals surface area contributed by atoms with Crippen molar-refractivity contribution in [1.82, 2.24) is 0 Å². The van der Waals surface area contributed by atoms with Crippen molar-refractivity contribution in [2.75, 3.05) is 19.7 Å². The third kappa shape index (κ3) is 3.04. The molecular formula is C12H18BClN2O3. The highest BCUT2D eigenvalue weighted by Crippen LogP contribution is 2.32. The zero-order valence-electron chi connectivity index (χ0n) is 10.6. The van der Waals surface area contributed by atoms with Crippen molar-refractivity contribution >= 4 is 24.2 Å². The van der Waals surface area contributed by atoms with Crippen LogP contribution in [0.25, 0.3) is 0 Å². The van der Waals surface area contributed by atoms with E-state index in [1.54, 1.807) is 12.1 Å². The molecule has 1 atom stereocenters. The molecule has 0 spiro atoms. The third-order valence-corrected chi connectivity index (χ3v) is 3.46. The van der Waals surface area contributed by atoms with Crippen LogP contribution in [0.1, 0.15) is 24.5 Å². The highest BCUT2D eigenvalue weighted by molar-refractivity contribution is 6.63. The van der Waals surface area contributed by atoms with Gasteiger partial charge in [-0.3, -0.25) is 0 Å². The minimum absolute atomic E-state index is 0.264. The maximum Gasteiger partial charge on any atom is 0.495 e. The van der Waals surface area contributed by atoms with E-state index in [-0.39, 0.29) is 12.6 Å². The normalized spacial score (nSPS) is 17.7. The van der Waals surface area contributed by atoms with Crippen molar-refractivity contribution in [3.63, 3.8) is 0 Å². The number of rotatable bonds is 6. The molecule has 1 unspecified atom stereocenters. The lowest BCUT2D eigenvalue weighted by Gasteiger charge is -2.13. The Morgan fingerprint density at radius 1 is 1.37 bits per heavy atom. The maximum atomic E-state index is 9.95. The Labute approximate surface area is 118 Å². The predicted octanol–water partition coefficient (Wildman–Crippen LogP) is 0.175. The molecule has 2 rings (SSSR count). The first-order chi connectivity index (χ1) is 9.19. The lowest BCUT2D eigenvalue weighted by atomic mass is 9.78. The van der Waals surface area contributed by atoms with Gasteiger partial charge in [-0.05, 0) is 31.5 Å². The summed E-state index contributed by atoms with van der Waals surface area (Å²) in [5.41, 5.74) is 12.4. The molecule has 5 N–H and O–H groups in total. The highest BCUT2D eigenvalue weighted by atomic mass is 35.5. The molecule has 1 aliphatic rings. The first-order valence-electron chi connectivity index (χ1n) is 6.37. The molecule has 0 amide bonds. The van der Waals surface area contributed by atoms with E-state index >= 15 is 0 Å². The summed E-state index contributed by atoms with van der Waals surface area (Å²) >= 11 is 6.15. The van der Waals surface area contributed by atoms with Gasteiger partial charge in [0.1, 0.15) is 5.75 Å². The van der Waals surface area contributed by atoms with Crippen LogP contribution in [-0.2, 0) is 4.65 Å². The molecule has 7 heteroatoms. The maximum absolute atomic E-state index is 9.95. The number of nitrogens with two attached hydrogens (primary N) is 2. The second kappa shape index (κ2) is 6.59. The predicted molar refractivity (Wildman–Crippen MR) is 75.7 cm³/mol. The number of halogens is 1. The van der Waals surface area contributed by atoms with Crippen molar-refractivity contribution < 1.29 is 14.4 Å². The summed E-state index contributed by atoms with van der Waals surface area (Å²) in [5, 5.41) is 10.5. The van der Waals surface area contributed by atoms with Crippen molar-refractivity contribution in [3.05, 3.63) is 22.7 Å². The van der Waals surface area contributed by atoms with Gasteiger partial charge in [-0.15, -0.1) is 0 Å². The summed E-state index contributed by atoms with van der Waals surface area (Å²) in [6.07, 6.45) is 1.39. The van der Waals surface area contributed by atoms with Crippen molar-refractivity contribution in [3.8, 4) is 5.75 Å². The molecule has 0 fully saturated rings. The van der Waals surface area contributed by atoms with Gasteiger partial charge in [0.05, 0.1) is 12.7 Å². The van der Waals surface area contributed by atoms with Crippen LogP contribution in [0.15, 0.2) is 12.1 Å². The summed E-state index contributed by atoms with van der Waals surface area (Å²) in [7, 11) is -1.04. The second-order valence-electron chi connectivity index (χ2n) is 4.43. The summed E-state index contributed by atoms with van der Waals surface area (Å²) in [6, 6.07) is 3.48. The Morgan fingerprint density at radius 2 is 2.16 bits per heavy atom. The number of hydrogen-bond donors (Lipinski definition) is 3. The molecule has 104 valence electrons. The van der Waals surface area contributed by atoms with Crippen LogP contribution >= 0.6 is 11.6 Å². The van der Waals surface area contributed by atoms with Gasteiger partial charge < -0.3 is 25.9 Å². The molecular weight excluding hydrogens is 266 g/mol. The Morgan fingerprint density at radius 3 is 2.84 bits per heavy atom. The number of hydrogen-bond acceptors (Lipinski definition) is 5. The second-order valence-corrected chi connectivity index (χ2v) is 4.84. The van der Waals surface area contributed by atoms with Gasteiger partial charge in [0, 0.05) is 22.6 Å². The van der Waals surface area contributed by atoms with Gasteiger partial charge in [0.25, 0.3) is 0 Å². The van der Waals surface area contributed by atoms with Crippen molar-refractivity contribution in [2.24, 2.45) is 11.5 Å². The molecule has 0 saturated heterocycles. The van der Waals surface area contributed by atoms with Gasteiger partial charge in [-0.2, -0.15) is 0 Å². The van der Waals surface area contributed by atoms with E-state index in [0.717, 1.165) is 18.4 Å². The summed E-state index contributed by atoms with van der Waals surface area (Å²) in [5.74, 6) is 0.597. The summed E-state index contributed by atoms with van der Waals surface area (Å²) in [4.78, 5) is 0. The average molecular weight is 285 g/mol. The fourth-order valence-electron chi connectivity index (χ4n) is 2.19. The minimum Gasteiger partial charge on any atom is -0.494 e. The Hall–Kier alpha value is -0.785. The molecule has 1 aliphatic heterocycles. The van der Waals surface area contributed by atoms with Gasteiger partial charge in [0.15, 0.2) is 0 Å². The quantitative estimate of drug-likeness (QED) is 0.512. The fraction of sp³-hybridized carbons (Fsp3) is 0.500. The Balaban J connectivity index is 2.20. The van der Waals surface area contributed by atoms with Crippen molar-refractivity contribution in [1.29, 1.82) is 0 Å². The molecule has 1 heterocycles. The van der Waals surface area contributed by atoms with Crippen LogP contribution in [0.2, 0.25) is 5.02 Å². The average Bonchev–Trinajstić information content (AvgIpc) is 2.75. The molecule has 0 aliphatic carbocycles. The summed E-state index contributed by atoms with van der Waals surface area (Å²) in [6.45, 7) is 1.45. The molecule has 5 nitrogen and oxygen atoms in total. The Bertz CT molecular complexity index is 447. The van der Waals surface area contributed by atoms with E-state index in [1.807, 2.05) is 0 Å². The lowest BCUT2D eigenvalue weighted by molar-refractivity contribution is 0.198. The molecule has 0 radical (unpaired) electrons. The lowest BCUT2D eigenvalue weighted by Crippen LogP contribution is -2.30. The number of fused-ring (bicyclic) bond motifs is 1. The van der Waals surface area contributed by atoms with Gasteiger partial charge in [-0.25, -0.2) is 0 Å². The van der Waals surface area contributed by atoms with Crippen LogP contribution in [0.5, 0.6) is 5.75 Å². The van der Waals surface area contributed by atoms with E-state index in [4.69, 9.17) is 32.5 Å². The molecule has 0 aromatic heterocycles.